The van der Waals surface area contributed by atoms with Gasteiger partial charge in [0, 0.05) is 6.42 Å². The first-order valence-corrected chi connectivity index (χ1v) is 6.19. The normalized spacial score (nSPS) is 10.2. The smallest absolute Gasteiger partial charge is 0.146 e. The molecule has 1 aromatic rings. The monoisotopic (exact) mass is 235 g/mol. The third-order valence-corrected chi connectivity index (χ3v) is 2.61. The number of hydrogen-bond donors (Lipinski definition) is 1. The molecule has 94 valence electrons. The number of carbonyl (C=O) groups excluding carboxylic acids is 1. The quantitative estimate of drug-likeness (QED) is 0.703. The van der Waals surface area contributed by atoms with Crippen LogP contribution in [0.25, 0.3) is 0 Å². The lowest BCUT2D eigenvalue weighted by Gasteiger charge is -2.06. The lowest BCUT2D eigenvalue weighted by molar-refractivity contribution is -0.117. The van der Waals surface area contributed by atoms with Crippen molar-refractivity contribution >= 4 is 5.78 Å². The van der Waals surface area contributed by atoms with Crippen LogP contribution < -0.4 is 10.5 Å². The molecule has 2 N–H and O–H groups in total. The van der Waals surface area contributed by atoms with Gasteiger partial charge >= 0.3 is 0 Å². The number of ketones is 1. The van der Waals surface area contributed by atoms with Crippen LogP contribution >= 0.6 is 0 Å². The average Bonchev–Trinajstić information content (AvgIpc) is 2.37. The standard InChI is InChI=1S/C14H21NO2/c1-2-3-10-17-14-8-5-12(6-9-14)4-7-13(16)11-15/h5-6,8-9H,2-4,7,10-11,15H2,1H3. The molecule has 0 radical (unpaired) electrons. The summed E-state index contributed by atoms with van der Waals surface area (Å²) < 4.78 is 5.56. The zero-order valence-electron chi connectivity index (χ0n) is 10.4. The third-order valence-electron chi connectivity index (χ3n) is 2.61. The van der Waals surface area contributed by atoms with Crippen LogP contribution in [0.2, 0.25) is 0 Å². The molecular weight excluding hydrogens is 214 g/mol. The minimum absolute atomic E-state index is 0.105. The van der Waals surface area contributed by atoms with Crippen LogP contribution in [0.4, 0.5) is 0 Å². The minimum Gasteiger partial charge on any atom is -0.494 e. The van der Waals surface area contributed by atoms with Crippen molar-refractivity contribution in [1.29, 1.82) is 0 Å². The zero-order valence-corrected chi connectivity index (χ0v) is 10.4. The number of carbonyl (C=O) groups is 1. The van der Waals surface area contributed by atoms with Gasteiger partial charge in [0.25, 0.3) is 0 Å². The molecular formula is C14H21NO2. The van der Waals surface area contributed by atoms with Crippen molar-refractivity contribution in [2.24, 2.45) is 5.73 Å². The first-order chi connectivity index (χ1) is 8.26. The largest absolute Gasteiger partial charge is 0.494 e. The van der Waals surface area contributed by atoms with Gasteiger partial charge in [0.15, 0.2) is 0 Å². The van der Waals surface area contributed by atoms with Crippen LogP contribution in [0.5, 0.6) is 5.75 Å². The summed E-state index contributed by atoms with van der Waals surface area (Å²) in [7, 11) is 0. The van der Waals surface area contributed by atoms with Gasteiger partial charge in [0.2, 0.25) is 0 Å². The Hall–Kier alpha value is -1.35. The molecule has 0 aliphatic heterocycles. The molecule has 17 heavy (non-hydrogen) atoms. The Morgan fingerprint density at radius 2 is 2.00 bits per heavy atom. The second-order valence-electron chi connectivity index (χ2n) is 4.09. The van der Waals surface area contributed by atoms with E-state index >= 15 is 0 Å². The van der Waals surface area contributed by atoms with E-state index < -0.39 is 0 Å². The summed E-state index contributed by atoms with van der Waals surface area (Å²) in [6.45, 7) is 3.04. The van der Waals surface area contributed by atoms with Gasteiger partial charge in [0.1, 0.15) is 11.5 Å². The maximum atomic E-state index is 11.1. The van der Waals surface area contributed by atoms with Gasteiger partial charge < -0.3 is 10.5 Å². The van der Waals surface area contributed by atoms with Crippen LogP contribution in [-0.4, -0.2) is 18.9 Å². The number of aryl methyl sites for hydroxylation is 1. The van der Waals surface area contributed by atoms with E-state index in [2.05, 4.69) is 6.92 Å². The van der Waals surface area contributed by atoms with Gasteiger partial charge in [-0.2, -0.15) is 0 Å². The van der Waals surface area contributed by atoms with Crippen molar-refractivity contribution in [3.63, 3.8) is 0 Å². The maximum Gasteiger partial charge on any atom is 0.146 e. The Labute approximate surface area is 103 Å². The Morgan fingerprint density at radius 1 is 1.29 bits per heavy atom. The molecule has 0 aromatic heterocycles. The van der Waals surface area contributed by atoms with Gasteiger partial charge in [-0.3, -0.25) is 4.79 Å². The number of nitrogens with two attached hydrogens (primary N) is 1. The van der Waals surface area contributed by atoms with Crippen molar-refractivity contribution in [2.75, 3.05) is 13.2 Å². The summed E-state index contributed by atoms with van der Waals surface area (Å²) in [5, 5.41) is 0. The van der Waals surface area contributed by atoms with Crippen LogP contribution in [0.1, 0.15) is 31.7 Å². The topological polar surface area (TPSA) is 52.3 Å². The highest BCUT2D eigenvalue weighted by Gasteiger charge is 2.00. The first-order valence-electron chi connectivity index (χ1n) is 6.19. The molecule has 0 spiro atoms. The molecule has 3 nitrogen and oxygen atoms in total. The maximum absolute atomic E-state index is 11.1. The molecule has 0 unspecified atom stereocenters. The highest BCUT2D eigenvalue weighted by molar-refractivity contribution is 5.80. The summed E-state index contributed by atoms with van der Waals surface area (Å²) in [4.78, 5) is 11.1. The van der Waals surface area contributed by atoms with E-state index in [0.29, 0.717) is 6.42 Å². The van der Waals surface area contributed by atoms with E-state index in [0.717, 1.165) is 37.2 Å². The fourth-order valence-electron chi connectivity index (χ4n) is 1.47. The molecule has 0 saturated carbocycles. The molecule has 0 saturated heterocycles. The molecule has 1 rings (SSSR count). The number of ether oxygens (including phenoxy) is 1. The Bertz CT molecular complexity index is 333. The van der Waals surface area contributed by atoms with Gasteiger partial charge in [0.05, 0.1) is 13.2 Å². The van der Waals surface area contributed by atoms with E-state index in [1.54, 1.807) is 0 Å². The van der Waals surface area contributed by atoms with Crippen LogP contribution in [0, 0.1) is 0 Å². The SMILES string of the molecule is CCCCOc1ccc(CCC(=O)CN)cc1. The van der Waals surface area contributed by atoms with Crippen molar-refractivity contribution in [2.45, 2.75) is 32.6 Å². The van der Waals surface area contributed by atoms with E-state index in [1.807, 2.05) is 24.3 Å². The summed E-state index contributed by atoms with van der Waals surface area (Å²) >= 11 is 0. The summed E-state index contributed by atoms with van der Waals surface area (Å²) in [6.07, 6.45) is 3.49. The second-order valence-corrected chi connectivity index (χ2v) is 4.09. The van der Waals surface area contributed by atoms with Gasteiger partial charge in [-0.1, -0.05) is 25.5 Å². The number of hydrogen-bond acceptors (Lipinski definition) is 3. The first kappa shape index (κ1) is 13.7. The van der Waals surface area contributed by atoms with E-state index in [9.17, 15) is 4.79 Å². The van der Waals surface area contributed by atoms with Crippen molar-refractivity contribution < 1.29 is 9.53 Å². The molecule has 0 aliphatic rings. The molecule has 1 aromatic carbocycles. The molecule has 3 heteroatoms. The fraction of sp³-hybridized carbons (Fsp3) is 0.500. The molecule has 0 atom stereocenters. The molecule has 0 bridgehead atoms. The number of unbranched alkanes of at least 4 members (excludes halogenated alkanes) is 1. The minimum atomic E-state index is 0.105. The van der Waals surface area contributed by atoms with Crippen LogP contribution in [0.15, 0.2) is 24.3 Å². The van der Waals surface area contributed by atoms with Gasteiger partial charge in [-0.25, -0.2) is 0 Å². The lowest BCUT2D eigenvalue weighted by Crippen LogP contribution is -2.13. The molecule has 0 aliphatic carbocycles. The van der Waals surface area contributed by atoms with Gasteiger partial charge in [-0.05, 0) is 30.5 Å². The number of Topliss-reactive ketones (excluding diaryl/α,β-unsaturated/α-hetero) is 1. The molecule has 0 amide bonds. The fourth-order valence-corrected chi connectivity index (χ4v) is 1.47. The summed E-state index contributed by atoms with van der Waals surface area (Å²) in [5.74, 6) is 1.00. The van der Waals surface area contributed by atoms with Crippen molar-refractivity contribution in [3.05, 3.63) is 29.8 Å². The predicted octanol–water partition coefficient (Wildman–Crippen LogP) is 2.33. The molecule has 0 fully saturated rings. The summed E-state index contributed by atoms with van der Waals surface area (Å²) in [5.41, 5.74) is 6.41. The number of rotatable bonds is 8. The lowest BCUT2D eigenvalue weighted by atomic mass is 10.1. The second kappa shape index (κ2) is 7.85. The highest BCUT2D eigenvalue weighted by atomic mass is 16.5. The van der Waals surface area contributed by atoms with Crippen LogP contribution in [-0.2, 0) is 11.2 Å². The summed E-state index contributed by atoms with van der Waals surface area (Å²) in [6, 6.07) is 7.92. The zero-order chi connectivity index (χ0) is 12.5. The predicted molar refractivity (Wildman–Crippen MR) is 69.2 cm³/mol. The van der Waals surface area contributed by atoms with E-state index in [4.69, 9.17) is 10.5 Å². The average molecular weight is 235 g/mol. The van der Waals surface area contributed by atoms with Crippen LogP contribution in [0.3, 0.4) is 0 Å². The Kier molecular flexibility index (Phi) is 6.33. The van der Waals surface area contributed by atoms with Gasteiger partial charge in [-0.15, -0.1) is 0 Å². The van der Waals surface area contributed by atoms with E-state index in [-0.39, 0.29) is 12.3 Å². The van der Waals surface area contributed by atoms with Crippen molar-refractivity contribution in [1.82, 2.24) is 0 Å². The van der Waals surface area contributed by atoms with Crippen molar-refractivity contribution in [3.8, 4) is 5.75 Å². The highest BCUT2D eigenvalue weighted by Crippen LogP contribution is 2.13. The Balaban J connectivity index is 2.36. The van der Waals surface area contributed by atoms with E-state index in [1.165, 1.54) is 0 Å². The third kappa shape index (κ3) is 5.50. The Morgan fingerprint density at radius 3 is 2.59 bits per heavy atom. The number of benzene rings is 1. The molecule has 0 heterocycles.